The first kappa shape index (κ1) is 26.5. The third-order valence-electron chi connectivity index (χ3n) is 5.84. The van der Waals surface area contributed by atoms with Crippen molar-refractivity contribution in [2.75, 3.05) is 0 Å². The van der Waals surface area contributed by atoms with Crippen molar-refractivity contribution < 1.29 is 4.74 Å². The Morgan fingerprint density at radius 1 is 0.548 bits per heavy atom. The molecule has 0 saturated heterocycles. The van der Waals surface area contributed by atoms with Crippen molar-refractivity contribution >= 4 is 31.9 Å². The largest absolute Gasteiger partial charge is 0.457 e. The van der Waals surface area contributed by atoms with Crippen molar-refractivity contribution in [3.63, 3.8) is 0 Å². The zero-order chi connectivity index (χ0) is 22.3. The van der Waals surface area contributed by atoms with E-state index in [0.717, 1.165) is 11.5 Å². The number of ether oxygens (including phenoxy) is 1. The second-order valence-corrected chi connectivity index (χ2v) is 10.8. The fourth-order valence-corrected chi connectivity index (χ4v) is 5.07. The highest BCUT2D eigenvalue weighted by Crippen LogP contribution is 2.33. The van der Waals surface area contributed by atoms with E-state index in [0.29, 0.717) is 9.65 Å². The molecule has 0 saturated carbocycles. The lowest BCUT2D eigenvalue weighted by Gasteiger charge is -2.13. The number of hydrogen-bond acceptors (Lipinski definition) is 1. The highest BCUT2D eigenvalue weighted by Gasteiger charge is 2.09. The normalized spacial score (nSPS) is 13.2. The lowest BCUT2D eigenvalue weighted by Crippen LogP contribution is -1.93. The van der Waals surface area contributed by atoms with Crippen LogP contribution >= 0.6 is 31.9 Å². The van der Waals surface area contributed by atoms with Gasteiger partial charge in [-0.1, -0.05) is 134 Å². The van der Waals surface area contributed by atoms with Crippen molar-refractivity contribution in [1.82, 2.24) is 0 Å². The summed E-state index contributed by atoms with van der Waals surface area (Å²) in [6.45, 7) is 4.53. The summed E-state index contributed by atoms with van der Waals surface area (Å²) in [5, 5.41) is 0. The highest BCUT2D eigenvalue weighted by molar-refractivity contribution is 9.09. The molecule has 0 amide bonds. The molecular formula is C28H40Br2O. The Morgan fingerprint density at radius 2 is 0.903 bits per heavy atom. The van der Waals surface area contributed by atoms with E-state index in [4.69, 9.17) is 4.74 Å². The van der Waals surface area contributed by atoms with Crippen molar-refractivity contribution in [2.45, 2.75) is 101 Å². The summed E-state index contributed by atoms with van der Waals surface area (Å²) in [5.41, 5.74) is 2.67. The second kappa shape index (κ2) is 15.9. The first-order chi connectivity index (χ1) is 15.1. The molecule has 2 aromatic rings. The van der Waals surface area contributed by atoms with Crippen LogP contribution in [0.25, 0.3) is 0 Å². The third-order valence-corrected chi connectivity index (χ3v) is 7.81. The van der Waals surface area contributed by atoms with E-state index in [1.54, 1.807) is 0 Å². The molecular weight excluding hydrogens is 512 g/mol. The molecule has 0 radical (unpaired) electrons. The summed E-state index contributed by atoms with van der Waals surface area (Å²) in [4.78, 5) is 0.862. The predicted molar refractivity (Wildman–Crippen MR) is 143 cm³/mol. The van der Waals surface area contributed by atoms with E-state index >= 15 is 0 Å². The minimum atomic E-state index is 0.431. The first-order valence-corrected chi connectivity index (χ1v) is 14.1. The average Bonchev–Trinajstić information content (AvgIpc) is 2.79. The van der Waals surface area contributed by atoms with E-state index in [-0.39, 0.29) is 0 Å². The van der Waals surface area contributed by atoms with E-state index in [1.807, 2.05) is 0 Å². The van der Waals surface area contributed by atoms with Crippen LogP contribution in [0.4, 0.5) is 0 Å². The fraction of sp³-hybridized carbons (Fsp3) is 0.571. The third kappa shape index (κ3) is 10.6. The summed E-state index contributed by atoms with van der Waals surface area (Å²) in [7, 11) is 0. The van der Waals surface area contributed by atoms with Gasteiger partial charge in [0.15, 0.2) is 0 Å². The molecule has 0 bridgehead atoms. The van der Waals surface area contributed by atoms with E-state index < -0.39 is 0 Å². The molecule has 2 unspecified atom stereocenters. The summed E-state index contributed by atoms with van der Waals surface area (Å²) in [6, 6.07) is 17.1. The molecule has 2 atom stereocenters. The number of rotatable bonds is 16. The van der Waals surface area contributed by atoms with Crippen LogP contribution in [-0.4, -0.2) is 0 Å². The second-order valence-electron chi connectivity index (χ2n) is 8.58. The molecule has 2 rings (SSSR count). The van der Waals surface area contributed by atoms with Crippen LogP contribution in [0, 0.1) is 0 Å². The summed E-state index contributed by atoms with van der Waals surface area (Å²) in [5.74, 6) is 1.79. The lowest BCUT2D eigenvalue weighted by molar-refractivity contribution is 0.482. The summed E-state index contributed by atoms with van der Waals surface area (Å²) >= 11 is 7.71. The quantitative estimate of drug-likeness (QED) is 0.149. The number of unbranched alkanes of at least 4 members (excludes halogenated alkanes) is 8. The zero-order valence-electron chi connectivity index (χ0n) is 19.4. The van der Waals surface area contributed by atoms with E-state index in [2.05, 4.69) is 94.2 Å². The Balaban J connectivity index is 1.77. The number of alkyl halides is 2. The SMILES string of the molecule is CCCCCCCC(Br)c1ccc(Oc2ccc(C(Br)CCCCCCC)cc2)cc1. The molecule has 3 heteroatoms. The first-order valence-electron chi connectivity index (χ1n) is 12.3. The Bertz CT molecular complexity index is 634. The Labute approximate surface area is 207 Å². The smallest absolute Gasteiger partial charge is 0.127 e. The van der Waals surface area contributed by atoms with Crippen molar-refractivity contribution in [2.24, 2.45) is 0 Å². The van der Waals surface area contributed by atoms with Gasteiger partial charge >= 0.3 is 0 Å². The van der Waals surface area contributed by atoms with Gasteiger partial charge < -0.3 is 4.74 Å². The molecule has 31 heavy (non-hydrogen) atoms. The van der Waals surface area contributed by atoms with Gasteiger partial charge in [0.2, 0.25) is 0 Å². The summed E-state index contributed by atoms with van der Waals surface area (Å²) < 4.78 is 6.07. The molecule has 0 aliphatic heterocycles. The van der Waals surface area contributed by atoms with Gasteiger partial charge in [-0.3, -0.25) is 0 Å². The van der Waals surface area contributed by atoms with Gasteiger partial charge in [-0.25, -0.2) is 0 Å². The van der Waals surface area contributed by atoms with Gasteiger partial charge in [0.1, 0.15) is 11.5 Å². The molecule has 1 nitrogen and oxygen atoms in total. The number of hydrogen-bond donors (Lipinski definition) is 0. The monoisotopic (exact) mass is 550 g/mol. The zero-order valence-corrected chi connectivity index (χ0v) is 22.6. The minimum Gasteiger partial charge on any atom is -0.457 e. The highest BCUT2D eigenvalue weighted by atomic mass is 79.9. The van der Waals surface area contributed by atoms with E-state index in [9.17, 15) is 0 Å². The van der Waals surface area contributed by atoms with Crippen LogP contribution in [0.15, 0.2) is 48.5 Å². The van der Waals surface area contributed by atoms with Gasteiger partial charge in [-0.15, -0.1) is 0 Å². The van der Waals surface area contributed by atoms with Gasteiger partial charge in [-0.2, -0.15) is 0 Å². The van der Waals surface area contributed by atoms with Crippen LogP contribution < -0.4 is 4.74 Å². The van der Waals surface area contributed by atoms with Crippen LogP contribution in [0.1, 0.15) is 112 Å². The van der Waals surface area contributed by atoms with Crippen LogP contribution in [0.3, 0.4) is 0 Å². The number of halogens is 2. The topological polar surface area (TPSA) is 9.23 Å². The predicted octanol–water partition coefficient (Wildman–Crippen LogP) is 11.1. The van der Waals surface area contributed by atoms with Crippen LogP contribution in [-0.2, 0) is 0 Å². The van der Waals surface area contributed by atoms with Gasteiger partial charge in [0.25, 0.3) is 0 Å². The minimum absolute atomic E-state index is 0.431. The molecule has 2 aromatic carbocycles. The Hall–Kier alpha value is -0.800. The van der Waals surface area contributed by atoms with Crippen molar-refractivity contribution in [3.05, 3.63) is 59.7 Å². The van der Waals surface area contributed by atoms with E-state index in [1.165, 1.54) is 88.2 Å². The Morgan fingerprint density at radius 3 is 1.26 bits per heavy atom. The van der Waals surface area contributed by atoms with Gasteiger partial charge in [0, 0.05) is 9.65 Å². The lowest BCUT2D eigenvalue weighted by atomic mass is 10.0. The molecule has 0 fully saturated rings. The molecule has 0 aromatic heterocycles. The molecule has 172 valence electrons. The molecule has 0 N–H and O–H groups in total. The maximum absolute atomic E-state index is 6.07. The van der Waals surface area contributed by atoms with Crippen LogP contribution in [0.5, 0.6) is 11.5 Å². The number of benzene rings is 2. The maximum atomic E-state index is 6.07. The van der Waals surface area contributed by atoms with Crippen molar-refractivity contribution in [3.8, 4) is 11.5 Å². The maximum Gasteiger partial charge on any atom is 0.127 e. The average molecular weight is 552 g/mol. The molecule has 0 spiro atoms. The standard InChI is InChI=1S/C28H40Br2O/c1-3-5-7-9-11-13-27(29)23-15-19-25(20-16-23)31-26-21-17-24(18-22-26)28(30)14-12-10-8-6-4-2/h15-22,27-28H,3-14H2,1-2H3. The van der Waals surface area contributed by atoms with Crippen molar-refractivity contribution in [1.29, 1.82) is 0 Å². The molecule has 0 aliphatic carbocycles. The molecule has 0 heterocycles. The van der Waals surface area contributed by atoms with Crippen LogP contribution in [0.2, 0.25) is 0 Å². The Kier molecular flexibility index (Phi) is 13.6. The summed E-state index contributed by atoms with van der Waals surface area (Å²) in [6.07, 6.45) is 15.7. The molecule has 0 aliphatic rings. The van der Waals surface area contributed by atoms with Gasteiger partial charge in [0.05, 0.1) is 0 Å². The fourth-order valence-electron chi connectivity index (χ4n) is 3.81. The van der Waals surface area contributed by atoms with Gasteiger partial charge in [-0.05, 0) is 48.2 Å².